The third-order valence-corrected chi connectivity index (χ3v) is 5.48. The average molecular weight is 521 g/mol. The van der Waals surface area contributed by atoms with Crippen LogP contribution in [0, 0.1) is 0 Å². The van der Waals surface area contributed by atoms with Crippen LogP contribution in [-0.4, -0.2) is 21.8 Å². The Hall–Kier alpha value is -4.39. The van der Waals surface area contributed by atoms with Crippen LogP contribution < -0.4 is 16.2 Å². The maximum Gasteiger partial charge on any atom is 0.417 e. The first-order valence-electron chi connectivity index (χ1n) is 10.5. The number of H-pyrrole nitrogens is 1. The van der Waals surface area contributed by atoms with Crippen molar-refractivity contribution in [3.8, 4) is 0 Å². The molecule has 0 aliphatic carbocycles. The summed E-state index contributed by atoms with van der Waals surface area (Å²) >= 11 is 0. The number of anilines is 1. The molecule has 0 saturated carbocycles. The molecule has 3 aromatic carbocycles. The van der Waals surface area contributed by atoms with Crippen molar-refractivity contribution >= 4 is 28.5 Å². The van der Waals surface area contributed by atoms with Gasteiger partial charge in [-0.25, -0.2) is 15.8 Å². The summed E-state index contributed by atoms with van der Waals surface area (Å²) in [6, 6.07) is 11.2. The number of carbonyl (C=O) groups is 2. The van der Waals surface area contributed by atoms with Crippen molar-refractivity contribution in [1.82, 2.24) is 15.3 Å². The zero-order chi connectivity index (χ0) is 27.0. The Kier molecular flexibility index (Phi) is 6.65. The predicted molar refractivity (Wildman–Crippen MR) is 121 cm³/mol. The number of aromatic amines is 1. The van der Waals surface area contributed by atoms with Crippen LogP contribution in [0.5, 0.6) is 0 Å². The smallest absolute Gasteiger partial charge is 0.348 e. The molecule has 0 radical (unpaired) electrons. The van der Waals surface area contributed by atoms with Crippen molar-refractivity contribution in [2.24, 2.45) is 5.84 Å². The summed E-state index contributed by atoms with van der Waals surface area (Å²) in [4.78, 5) is 32.6. The van der Waals surface area contributed by atoms with E-state index < -0.39 is 47.4 Å². The highest BCUT2D eigenvalue weighted by Gasteiger charge is 2.36. The number of hydrazine groups is 1. The number of imidazole rings is 1. The maximum atomic E-state index is 13.4. The van der Waals surface area contributed by atoms with Crippen LogP contribution in [-0.2, 0) is 18.9 Å². The minimum absolute atomic E-state index is 0.113. The first-order valence-corrected chi connectivity index (χ1v) is 10.5. The number of rotatable bonds is 5. The van der Waals surface area contributed by atoms with Gasteiger partial charge in [0.1, 0.15) is 5.52 Å². The minimum atomic E-state index is -4.82. The van der Waals surface area contributed by atoms with E-state index in [1.54, 1.807) is 0 Å². The molecule has 0 bridgehead atoms. The highest BCUT2D eigenvalue weighted by molar-refractivity contribution is 6.10. The molecule has 0 spiro atoms. The Morgan fingerprint density at radius 1 is 0.892 bits per heavy atom. The second-order valence-electron chi connectivity index (χ2n) is 7.85. The monoisotopic (exact) mass is 521 g/mol. The van der Waals surface area contributed by atoms with Crippen molar-refractivity contribution in [3.63, 3.8) is 0 Å². The number of alkyl halides is 6. The number of nitrogens with two attached hydrogens (primary N) is 1. The molecule has 2 amide bonds. The number of amides is 2. The summed E-state index contributed by atoms with van der Waals surface area (Å²) in [5.41, 5.74) is -3.00. The molecule has 0 saturated heterocycles. The van der Waals surface area contributed by atoms with Crippen molar-refractivity contribution in [2.45, 2.75) is 18.9 Å². The second kappa shape index (κ2) is 9.58. The van der Waals surface area contributed by atoms with Gasteiger partial charge in [0.25, 0.3) is 11.8 Å². The molecule has 0 unspecified atom stereocenters. The third-order valence-electron chi connectivity index (χ3n) is 5.48. The van der Waals surface area contributed by atoms with Gasteiger partial charge in [0.05, 0.1) is 39.8 Å². The van der Waals surface area contributed by atoms with E-state index in [0.717, 1.165) is 30.3 Å². The molecule has 4 aromatic rings. The van der Waals surface area contributed by atoms with Gasteiger partial charge in [-0.1, -0.05) is 30.3 Å². The molecule has 13 heteroatoms. The first kappa shape index (κ1) is 25.7. The Balaban J connectivity index is 1.66. The summed E-state index contributed by atoms with van der Waals surface area (Å²) < 4.78 is 80.0. The molecule has 1 heterocycles. The SMILES string of the molecule is NN(C(=O)c1ccccc1C(F)(F)F)c1cc(C(=O)NCc2ccccc2C(F)(F)F)c2nc[nH]c2c1. The molecule has 0 aliphatic heterocycles. The number of carbonyl (C=O) groups excluding carboxylic acids is 2. The zero-order valence-electron chi connectivity index (χ0n) is 18.6. The van der Waals surface area contributed by atoms with Crippen LogP contribution in [0.2, 0.25) is 0 Å². The van der Waals surface area contributed by atoms with Gasteiger partial charge in [0.2, 0.25) is 0 Å². The highest BCUT2D eigenvalue weighted by atomic mass is 19.4. The third kappa shape index (κ3) is 5.26. The molecule has 7 nitrogen and oxygen atoms in total. The van der Waals surface area contributed by atoms with E-state index in [4.69, 9.17) is 5.84 Å². The van der Waals surface area contributed by atoms with E-state index in [9.17, 15) is 35.9 Å². The Labute approximate surface area is 204 Å². The van der Waals surface area contributed by atoms with E-state index >= 15 is 0 Å². The van der Waals surface area contributed by atoms with E-state index in [0.29, 0.717) is 5.01 Å². The van der Waals surface area contributed by atoms with E-state index in [1.165, 1.54) is 36.7 Å². The lowest BCUT2D eigenvalue weighted by atomic mass is 10.1. The summed E-state index contributed by atoms with van der Waals surface area (Å²) in [7, 11) is 0. The predicted octanol–water partition coefficient (Wildman–Crippen LogP) is 5.05. The number of nitrogens with one attached hydrogen (secondary N) is 2. The van der Waals surface area contributed by atoms with Crippen LogP contribution in [0.1, 0.15) is 37.4 Å². The Bertz CT molecular complexity index is 1480. The molecule has 0 atom stereocenters. The molecular formula is C24H17F6N5O2. The fourth-order valence-corrected chi connectivity index (χ4v) is 3.73. The Morgan fingerprint density at radius 2 is 1.51 bits per heavy atom. The molecule has 4 rings (SSSR count). The molecule has 192 valence electrons. The van der Waals surface area contributed by atoms with Crippen LogP contribution >= 0.6 is 0 Å². The van der Waals surface area contributed by atoms with Crippen molar-refractivity contribution in [2.75, 3.05) is 5.01 Å². The quantitative estimate of drug-likeness (QED) is 0.148. The summed E-state index contributed by atoms with van der Waals surface area (Å²) in [5, 5.41) is 2.82. The zero-order valence-corrected chi connectivity index (χ0v) is 18.6. The maximum absolute atomic E-state index is 13.4. The molecular weight excluding hydrogens is 504 g/mol. The molecule has 0 fully saturated rings. The van der Waals surface area contributed by atoms with Crippen LogP contribution in [0.15, 0.2) is 67.0 Å². The number of nitrogens with zero attached hydrogens (tertiary/aromatic N) is 2. The lowest BCUT2D eigenvalue weighted by Gasteiger charge is -2.20. The van der Waals surface area contributed by atoms with Gasteiger partial charge in [0, 0.05) is 6.54 Å². The van der Waals surface area contributed by atoms with E-state index in [1.807, 2.05) is 0 Å². The molecule has 37 heavy (non-hydrogen) atoms. The van der Waals surface area contributed by atoms with E-state index in [-0.39, 0.29) is 27.8 Å². The van der Waals surface area contributed by atoms with Gasteiger partial charge < -0.3 is 10.3 Å². The Morgan fingerprint density at radius 3 is 2.19 bits per heavy atom. The van der Waals surface area contributed by atoms with Crippen molar-refractivity contribution < 1.29 is 35.9 Å². The summed E-state index contributed by atoms with van der Waals surface area (Å²) in [6.07, 6.45) is -8.23. The second-order valence-corrected chi connectivity index (χ2v) is 7.85. The largest absolute Gasteiger partial charge is 0.417 e. The van der Waals surface area contributed by atoms with Gasteiger partial charge in [-0.3, -0.25) is 9.59 Å². The first-order chi connectivity index (χ1) is 17.4. The number of hydrogen-bond donors (Lipinski definition) is 3. The lowest BCUT2D eigenvalue weighted by Crippen LogP contribution is -2.38. The standard InChI is InChI=1S/C24H17F6N5O2/c25-23(26,27)17-7-3-1-5-13(17)11-32-21(36)16-9-14(10-19-20(16)34-12-33-19)35(31)22(37)15-6-2-4-8-18(15)24(28,29)30/h1-10,12H,11,31H2,(H,32,36)(H,33,34). The van der Waals surface area contributed by atoms with Gasteiger partial charge in [-0.15, -0.1) is 0 Å². The number of aromatic nitrogens is 2. The summed E-state index contributed by atoms with van der Waals surface area (Å²) in [6.45, 7) is -0.477. The normalized spacial score (nSPS) is 12.0. The van der Waals surface area contributed by atoms with Crippen LogP contribution in [0.4, 0.5) is 32.0 Å². The minimum Gasteiger partial charge on any atom is -0.348 e. The molecule has 4 N–H and O–H groups in total. The van der Waals surface area contributed by atoms with E-state index in [2.05, 4.69) is 15.3 Å². The number of hydrogen-bond acceptors (Lipinski definition) is 4. The van der Waals surface area contributed by atoms with Gasteiger partial charge >= 0.3 is 12.4 Å². The fraction of sp³-hybridized carbons (Fsp3) is 0.125. The van der Waals surface area contributed by atoms with Gasteiger partial charge in [-0.05, 0) is 35.9 Å². The number of fused-ring (bicyclic) bond motifs is 1. The number of halogens is 6. The average Bonchev–Trinajstić information content (AvgIpc) is 3.33. The van der Waals surface area contributed by atoms with Crippen molar-refractivity contribution in [3.05, 3.63) is 94.8 Å². The van der Waals surface area contributed by atoms with Crippen LogP contribution in [0.25, 0.3) is 11.0 Å². The van der Waals surface area contributed by atoms with Gasteiger partial charge in [-0.2, -0.15) is 26.3 Å². The topological polar surface area (TPSA) is 104 Å². The highest BCUT2D eigenvalue weighted by Crippen LogP contribution is 2.34. The van der Waals surface area contributed by atoms with Crippen LogP contribution in [0.3, 0.4) is 0 Å². The summed E-state index contributed by atoms with van der Waals surface area (Å²) in [5.74, 6) is 3.83. The number of benzene rings is 3. The molecule has 1 aromatic heterocycles. The van der Waals surface area contributed by atoms with Crippen molar-refractivity contribution in [1.29, 1.82) is 0 Å². The fourth-order valence-electron chi connectivity index (χ4n) is 3.73. The van der Waals surface area contributed by atoms with Gasteiger partial charge in [0.15, 0.2) is 0 Å². The lowest BCUT2D eigenvalue weighted by molar-refractivity contribution is -0.138. The molecule has 0 aliphatic rings.